The molecule has 1 aliphatic rings. The van der Waals surface area contributed by atoms with E-state index in [0.717, 1.165) is 31.4 Å². The van der Waals surface area contributed by atoms with Crippen molar-refractivity contribution in [2.24, 2.45) is 0 Å². The van der Waals surface area contributed by atoms with Crippen LogP contribution in [0.5, 0.6) is 0 Å². The Morgan fingerprint density at radius 3 is 2.78 bits per heavy atom. The van der Waals surface area contributed by atoms with E-state index < -0.39 is 0 Å². The first-order valence-electron chi connectivity index (χ1n) is 6.85. The van der Waals surface area contributed by atoms with Crippen LogP contribution in [-0.4, -0.2) is 17.6 Å². The van der Waals surface area contributed by atoms with Crippen LogP contribution < -0.4 is 0 Å². The van der Waals surface area contributed by atoms with E-state index >= 15 is 0 Å². The zero-order chi connectivity index (χ0) is 13.1. The quantitative estimate of drug-likeness (QED) is 0.724. The first kappa shape index (κ1) is 13.1. The molecule has 1 saturated carbocycles. The molecule has 0 spiro atoms. The number of hydrogen-bond donors (Lipinski definition) is 0. The Labute approximate surface area is 108 Å². The van der Waals surface area contributed by atoms with Gasteiger partial charge in [-0.2, -0.15) is 0 Å². The summed E-state index contributed by atoms with van der Waals surface area (Å²) in [4.78, 5) is 16.4. The summed E-state index contributed by atoms with van der Waals surface area (Å²) in [5, 5.41) is 0. The molecule has 1 aliphatic carbocycles. The van der Waals surface area contributed by atoms with Crippen molar-refractivity contribution in [3.63, 3.8) is 0 Å². The molecule has 1 atom stereocenters. The van der Waals surface area contributed by atoms with Gasteiger partial charge < -0.3 is 9.15 Å². The molecule has 2 rings (SSSR count). The smallest absolute Gasteiger partial charge is 0.376 e. The number of oxazole rings is 1. The monoisotopic (exact) mass is 251 g/mol. The van der Waals surface area contributed by atoms with Crippen molar-refractivity contribution in [3.8, 4) is 0 Å². The van der Waals surface area contributed by atoms with Crippen molar-refractivity contribution in [1.82, 2.24) is 4.98 Å². The second-order valence-electron chi connectivity index (χ2n) is 4.95. The average molecular weight is 251 g/mol. The fraction of sp³-hybridized carbons (Fsp3) is 0.714. The van der Waals surface area contributed by atoms with E-state index in [-0.39, 0.29) is 11.9 Å². The Morgan fingerprint density at radius 2 is 2.22 bits per heavy atom. The van der Waals surface area contributed by atoms with Crippen molar-refractivity contribution in [2.45, 2.75) is 58.3 Å². The number of ether oxygens (including phenoxy) is 1. The highest BCUT2D eigenvalue weighted by Crippen LogP contribution is 2.42. The van der Waals surface area contributed by atoms with Crippen LogP contribution in [-0.2, 0) is 4.74 Å². The van der Waals surface area contributed by atoms with Crippen LogP contribution >= 0.6 is 0 Å². The highest BCUT2D eigenvalue weighted by Gasteiger charge is 2.34. The van der Waals surface area contributed by atoms with Gasteiger partial charge in [0.25, 0.3) is 0 Å². The highest BCUT2D eigenvalue weighted by atomic mass is 16.5. The van der Waals surface area contributed by atoms with Gasteiger partial charge in [-0.05, 0) is 26.2 Å². The van der Waals surface area contributed by atoms with Gasteiger partial charge in [-0.15, -0.1) is 0 Å². The molecule has 1 heterocycles. The number of carbonyl (C=O) groups is 1. The van der Waals surface area contributed by atoms with Crippen molar-refractivity contribution in [2.75, 3.05) is 6.61 Å². The molecule has 0 radical (unpaired) electrons. The molecule has 4 heteroatoms. The van der Waals surface area contributed by atoms with Crippen LogP contribution in [0, 0.1) is 0 Å². The van der Waals surface area contributed by atoms with Crippen LogP contribution in [0.15, 0.2) is 4.42 Å². The topological polar surface area (TPSA) is 52.3 Å². The minimum absolute atomic E-state index is 0.260. The van der Waals surface area contributed by atoms with E-state index in [1.165, 1.54) is 0 Å². The first-order valence-corrected chi connectivity index (χ1v) is 6.85. The number of nitrogens with zero attached hydrogens (tertiary/aromatic N) is 1. The normalized spacial score (nSPS) is 16.6. The summed E-state index contributed by atoms with van der Waals surface area (Å²) in [5.74, 6) is 1.30. The Balaban J connectivity index is 2.23. The molecule has 1 aromatic heterocycles. The van der Waals surface area contributed by atoms with Crippen LogP contribution in [0.4, 0.5) is 0 Å². The second kappa shape index (κ2) is 5.55. The summed E-state index contributed by atoms with van der Waals surface area (Å²) in [6.45, 7) is 6.38. The lowest BCUT2D eigenvalue weighted by Crippen LogP contribution is -2.05. The van der Waals surface area contributed by atoms with Gasteiger partial charge >= 0.3 is 5.97 Å². The van der Waals surface area contributed by atoms with Crippen molar-refractivity contribution < 1.29 is 13.9 Å². The fourth-order valence-electron chi connectivity index (χ4n) is 2.09. The van der Waals surface area contributed by atoms with E-state index in [1.807, 2.05) is 0 Å². The molecule has 0 N–H and O–H groups in total. The molecule has 0 amide bonds. The molecule has 0 bridgehead atoms. The van der Waals surface area contributed by atoms with E-state index in [9.17, 15) is 4.79 Å². The summed E-state index contributed by atoms with van der Waals surface area (Å²) in [6.07, 6.45) is 4.30. The summed E-state index contributed by atoms with van der Waals surface area (Å²) in [7, 11) is 0. The van der Waals surface area contributed by atoms with Gasteiger partial charge in [0.05, 0.1) is 12.3 Å². The van der Waals surface area contributed by atoms with Crippen molar-refractivity contribution in [1.29, 1.82) is 0 Å². The maximum Gasteiger partial charge on any atom is 0.376 e. The van der Waals surface area contributed by atoms with Gasteiger partial charge in [-0.25, -0.2) is 9.78 Å². The molecule has 0 saturated heterocycles. The van der Waals surface area contributed by atoms with E-state index in [0.29, 0.717) is 24.2 Å². The maximum atomic E-state index is 11.8. The Hall–Kier alpha value is -1.32. The van der Waals surface area contributed by atoms with E-state index in [1.54, 1.807) is 6.92 Å². The van der Waals surface area contributed by atoms with E-state index in [2.05, 4.69) is 18.8 Å². The minimum Gasteiger partial charge on any atom is -0.460 e. The molecule has 1 aromatic rings. The van der Waals surface area contributed by atoms with Crippen molar-refractivity contribution in [3.05, 3.63) is 17.3 Å². The Morgan fingerprint density at radius 1 is 1.50 bits per heavy atom. The third-order valence-corrected chi connectivity index (χ3v) is 3.24. The van der Waals surface area contributed by atoms with Gasteiger partial charge in [-0.1, -0.05) is 20.3 Å². The largest absolute Gasteiger partial charge is 0.460 e. The fourth-order valence-corrected chi connectivity index (χ4v) is 2.09. The molecule has 1 unspecified atom stereocenters. The summed E-state index contributed by atoms with van der Waals surface area (Å²) < 4.78 is 10.7. The molecule has 0 aliphatic heterocycles. The minimum atomic E-state index is -0.373. The SMILES string of the molecule is CCCC(C)c1nc(C2CC2)c(C(=O)OCC)o1. The summed E-state index contributed by atoms with van der Waals surface area (Å²) >= 11 is 0. The van der Waals surface area contributed by atoms with Gasteiger partial charge in [0.2, 0.25) is 5.76 Å². The zero-order valence-electron chi connectivity index (χ0n) is 11.4. The Kier molecular flexibility index (Phi) is 4.04. The third-order valence-electron chi connectivity index (χ3n) is 3.24. The van der Waals surface area contributed by atoms with Crippen LogP contribution in [0.25, 0.3) is 0 Å². The Bertz CT molecular complexity index is 421. The molecule has 100 valence electrons. The number of rotatable bonds is 6. The zero-order valence-corrected chi connectivity index (χ0v) is 11.4. The molecular formula is C14H21NO3. The molecule has 18 heavy (non-hydrogen) atoms. The maximum absolute atomic E-state index is 11.8. The summed E-state index contributed by atoms with van der Waals surface area (Å²) in [5.41, 5.74) is 0.811. The lowest BCUT2D eigenvalue weighted by molar-refractivity contribution is 0.0485. The number of carbonyl (C=O) groups excluding carboxylic acids is 1. The van der Waals surface area contributed by atoms with Gasteiger partial charge in [0.15, 0.2) is 5.89 Å². The van der Waals surface area contributed by atoms with Crippen LogP contribution in [0.1, 0.15) is 80.4 Å². The van der Waals surface area contributed by atoms with Gasteiger partial charge in [0.1, 0.15) is 0 Å². The van der Waals surface area contributed by atoms with Crippen LogP contribution in [0.3, 0.4) is 0 Å². The van der Waals surface area contributed by atoms with Crippen molar-refractivity contribution >= 4 is 5.97 Å². The lowest BCUT2D eigenvalue weighted by atomic mass is 10.1. The lowest BCUT2D eigenvalue weighted by Gasteiger charge is -2.03. The molecule has 1 fully saturated rings. The molecule has 4 nitrogen and oxygen atoms in total. The average Bonchev–Trinajstić information content (AvgIpc) is 3.08. The number of esters is 1. The molecule has 0 aromatic carbocycles. The summed E-state index contributed by atoms with van der Waals surface area (Å²) in [6, 6.07) is 0. The standard InChI is InChI=1S/C14H21NO3/c1-4-6-9(3)13-15-11(10-7-8-10)12(18-13)14(16)17-5-2/h9-10H,4-8H2,1-3H3. The molecular weight excluding hydrogens is 230 g/mol. The third kappa shape index (κ3) is 2.74. The van der Waals surface area contributed by atoms with E-state index in [4.69, 9.17) is 9.15 Å². The van der Waals surface area contributed by atoms with Crippen LogP contribution in [0.2, 0.25) is 0 Å². The number of hydrogen-bond acceptors (Lipinski definition) is 4. The van der Waals surface area contributed by atoms with Gasteiger partial charge in [-0.3, -0.25) is 0 Å². The predicted molar refractivity (Wildman–Crippen MR) is 67.8 cm³/mol. The second-order valence-corrected chi connectivity index (χ2v) is 4.95. The highest BCUT2D eigenvalue weighted by molar-refractivity contribution is 5.87. The number of aromatic nitrogens is 1. The van der Waals surface area contributed by atoms with Gasteiger partial charge in [0, 0.05) is 11.8 Å². The predicted octanol–water partition coefficient (Wildman–Crippen LogP) is 3.63. The first-order chi connectivity index (χ1) is 8.67.